The van der Waals surface area contributed by atoms with E-state index < -0.39 is 36.0 Å². The Morgan fingerprint density at radius 3 is 1.59 bits per heavy atom. The van der Waals surface area contributed by atoms with E-state index in [1.54, 1.807) is 0 Å². The number of hydrogen-bond acceptors (Lipinski definition) is 7. The van der Waals surface area contributed by atoms with E-state index in [9.17, 15) is 9.59 Å². The maximum absolute atomic E-state index is 13.4. The van der Waals surface area contributed by atoms with Gasteiger partial charge >= 0.3 is 17.2 Å². The van der Waals surface area contributed by atoms with Crippen LogP contribution < -0.4 is 0 Å². The van der Waals surface area contributed by atoms with Crippen LogP contribution in [0, 0.1) is 23.7 Å². The van der Waals surface area contributed by atoms with Gasteiger partial charge in [-0.15, -0.1) is 0 Å². The van der Waals surface area contributed by atoms with E-state index in [1.807, 2.05) is 12.2 Å². The Morgan fingerprint density at radius 1 is 0.824 bits per heavy atom. The highest BCUT2D eigenvalue weighted by atomic mass is 32.1. The molecule has 6 nitrogen and oxygen atoms in total. The van der Waals surface area contributed by atoms with Gasteiger partial charge in [0, 0.05) is 12.2 Å². The van der Waals surface area contributed by atoms with Crippen molar-refractivity contribution in [2.24, 2.45) is 23.7 Å². The highest BCUT2D eigenvalue weighted by Gasteiger charge is 2.56. The first-order valence-corrected chi connectivity index (χ1v) is 13.5. The standard InChI is InChI=1S/C27H40O6S/c1-5-9-11-17(7-3)15-30-25(28)21-19-13-14-20(24-23(19)32-27(34)33-24)22(21)26(29)31-16-18(8-4)12-10-6-2/h13-14,17-20,23-24H,5-12,15-16H2,1-4H3/t17?,18?,19-,20+,23?,24?. The van der Waals surface area contributed by atoms with Gasteiger partial charge in [0.25, 0.3) is 0 Å². The lowest BCUT2D eigenvalue weighted by molar-refractivity contribution is -0.146. The second-order valence-electron chi connectivity index (χ2n) is 9.71. The van der Waals surface area contributed by atoms with Crippen LogP contribution in [-0.4, -0.2) is 42.6 Å². The van der Waals surface area contributed by atoms with Gasteiger partial charge in [-0.25, -0.2) is 9.59 Å². The first-order valence-electron chi connectivity index (χ1n) is 13.1. The maximum Gasteiger partial charge on any atom is 0.353 e. The Morgan fingerprint density at radius 2 is 1.24 bits per heavy atom. The molecule has 1 aliphatic heterocycles. The molecule has 2 bridgehead atoms. The number of hydrogen-bond donors (Lipinski definition) is 0. The summed E-state index contributed by atoms with van der Waals surface area (Å²) in [6.07, 6.45) is 11.3. The van der Waals surface area contributed by atoms with Crippen LogP contribution in [0.2, 0.25) is 0 Å². The molecule has 7 heteroatoms. The van der Waals surface area contributed by atoms with E-state index in [0.717, 1.165) is 51.4 Å². The van der Waals surface area contributed by atoms with E-state index in [1.165, 1.54) is 0 Å². The molecular weight excluding hydrogens is 452 g/mol. The van der Waals surface area contributed by atoms with Gasteiger partial charge < -0.3 is 18.9 Å². The molecule has 0 saturated carbocycles. The molecule has 0 spiro atoms. The lowest BCUT2D eigenvalue weighted by Gasteiger charge is -2.39. The number of ether oxygens (including phenoxy) is 4. The fraction of sp³-hybridized carbons (Fsp3) is 0.741. The Labute approximate surface area is 209 Å². The summed E-state index contributed by atoms with van der Waals surface area (Å²) in [5.74, 6) is -1.18. The number of unbranched alkanes of at least 4 members (excludes halogenated alkanes) is 2. The minimum atomic E-state index is -0.459. The van der Waals surface area contributed by atoms with E-state index in [4.69, 9.17) is 31.2 Å². The minimum Gasteiger partial charge on any atom is -0.462 e. The zero-order valence-electron chi connectivity index (χ0n) is 21.0. The van der Waals surface area contributed by atoms with Gasteiger partial charge in [-0.2, -0.15) is 0 Å². The van der Waals surface area contributed by atoms with Gasteiger partial charge in [-0.1, -0.05) is 78.4 Å². The average molecular weight is 493 g/mol. The van der Waals surface area contributed by atoms with Crippen LogP contribution in [0.25, 0.3) is 0 Å². The summed E-state index contributed by atoms with van der Waals surface area (Å²) in [6, 6.07) is 0. The van der Waals surface area contributed by atoms with Crippen molar-refractivity contribution < 1.29 is 28.5 Å². The summed E-state index contributed by atoms with van der Waals surface area (Å²) >= 11 is 5.14. The van der Waals surface area contributed by atoms with Crippen molar-refractivity contribution in [1.82, 2.24) is 0 Å². The Kier molecular flexibility index (Phi) is 9.98. The van der Waals surface area contributed by atoms with Gasteiger partial charge in [0.15, 0.2) is 12.2 Å². The molecule has 0 aromatic carbocycles. The molecule has 3 aliphatic carbocycles. The van der Waals surface area contributed by atoms with Crippen molar-refractivity contribution in [3.8, 4) is 0 Å². The fourth-order valence-corrected chi connectivity index (χ4v) is 5.33. The number of carbonyl (C=O) groups is 2. The number of esters is 2. The van der Waals surface area contributed by atoms with E-state index in [-0.39, 0.29) is 5.24 Å². The fourth-order valence-electron chi connectivity index (χ4n) is 5.11. The first kappa shape index (κ1) is 26.7. The largest absolute Gasteiger partial charge is 0.462 e. The van der Waals surface area contributed by atoms with E-state index in [2.05, 4.69) is 27.7 Å². The van der Waals surface area contributed by atoms with Crippen molar-refractivity contribution in [1.29, 1.82) is 0 Å². The summed E-state index contributed by atoms with van der Waals surface area (Å²) in [7, 11) is 0. The van der Waals surface area contributed by atoms with Crippen LogP contribution in [0.15, 0.2) is 23.3 Å². The van der Waals surface area contributed by atoms with Crippen molar-refractivity contribution in [2.75, 3.05) is 13.2 Å². The molecule has 0 N–H and O–H groups in total. The van der Waals surface area contributed by atoms with Crippen LogP contribution in [0.1, 0.15) is 79.1 Å². The van der Waals surface area contributed by atoms with Crippen LogP contribution in [0.3, 0.4) is 0 Å². The molecule has 4 unspecified atom stereocenters. The molecule has 4 rings (SSSR count). The molecule has 6 atom stereocenters. The molecule has 4 aliphatic rings. The normalized spacial score (nSPS) is 26.5. The zero-order chi connectivity index (χ0) is 24.7. The molecule has 190 valence electrons. The molecule has 0 aromatic heterocycles. The van der Waals surface area contributed by atoms with Crippen molar-refractivity contribution in [3.63, 3.8) is 0 Å². The second kappa shape index (κ2) is 12.7. The van der Waals surface area contributed by atoms with Crippen LogP contribution in [0.5, 0.6) is 0 Å². The summed E-state index contributed by atoms with van der Waals surface area (Å²) in [4.78, 5) is 26.7. The lowest BCUT2D eigenvalue weighted by Crippen LogP contribution is -2.48. The quantitative estimate of drug-likeness (QED) is 0.175. The highest BCUT2D eigenvalue weighted by Crippen LogP contribution is 2.47. The SMILES string of the molecule is CCCCC(CC)COC(=O)C1=C(C(=O)OCC(CC)CCCC)[C@@H]2C=C[C@H]1C1OC(=S)OC12. The predicted molar refractivity (Wildman–Crippen MR) is 134 cm³/mol. The first-order chi connectivity index (χ1) is 16.4. The van der Waals surface area contributed by atoms with Crippen molar-refractivity contribution >= 4 is 29.4 Å². The summed E-state index contributed by atoms with van der Waals surface area (Å²) in [5.41, 5.74) is 0.693. The summed E-state index contributed by atoms with van der Waals surface area (Å²) in [5, 5.41) is 0.0623. The van der Waals surface area contributed by atoms with Gasteiger partial charge in [0.05, 0.1) is 36.2 Å². The third kappa shape index (κ3) is 6.02. The van der Waals surface area contributed by atoms with Crippen molar-refractivity contribution in [3.05, 3.63) is 23.3 Å². The molecule has 0 amide bonds. The average Bonchev–Trinajstić information content (AvgIpc) is 3.26. The minimum absolute atomic E-state index is 0.0623. The van der Waals surface area contributed by atoms with Crippen LogP contribution in [-0.2, 0) is 28.5 Å². The summed E-state index contributed by atoms with van der Waals surface area (Å²) in [6.45, 7) is 9.23. The molecule has 0 aromatic rings. The number of carbonyl (C=O) groups excluding carboxylic acids is 2. The third-order valence-electron chi connectivity index (χ3n) is 7.41. The van der Waals surface area contributed by atoms with Gasteiger partial charge in [0.2, 0.25) is 0 Å². The second-order valence-corrected chi connectivity index (χ2v) is 10.0. The number of rotatable bonds is 14. The number of thiocarbonyl (C=S) groups is 1. The lowest BCUT2D eigenvalue weighted by atomic mass is 9.68. The maximum atomic E-state index is 13.4. The molecular formula is C27H40O6S. The highest BCUT2D eigenvalue weighted by molar-refractivity contribution is 7.79. The van der Waals surface area contributed by atoms with Crippen molar-refractivity contribution in [2.45, 2.75) is 91.3 Å². The van der Waals surface area contributed by atoms with Crippen LogP contribution in [0.4, 0.5) is 0 Å². The van der Waals surface area contributed by atoms with Gasteiger partial charge in [-0.3, -0.25) is 0 Å². The van der Waals surface area contributed by atoms with Gasteiger partial charge in [0.1, 0.15) is 0 Å². The monoisotopic (exact) mass is 492 g/mol. The Hall–Kier alpha value is -1.89. The molecule has 1 fully saturated rings. The Balaban J connectivity index is 1.80. The molecule has 34 heavy (non-hydrogen) atoms. The van der Waals surface area contributed by atoms with E-state index in [0.29, 0.717) is 36.2 Å². The van der Waals surface area contributed by atoms with E-state index >= 15 is 0 Å². The Bertz CT molecular complexity index is 741. The molecule has 1 saturated heterocycles. The zero-order valence-corrected chi connectivity index (χ0v) is 21.9. The predicted octanol–water partition coefficient (Wildman–Crippen LogP) is 5.69. The summed E-state index contributed by atoms with van der Waals surface area (Å²) < 4.78 is 23.0. The van der Waals surface area contributed by atoms with Gasteiger partial charge in [-0.05, 0) is 24.7 Å². The third-order valence-corrected chi connectivity index (χ3v) is 7.60. The smallest absolute Gasteiger partial charge is 0.353 e. The molecule has 0 radical (unpaired) electrons. The van der Waals surface area contributed by atoms with Crippen LogP contribution >= 0.6 is 12.2 Å². The topological polar surface area (TPSA) is 71.1 Å². The molecule has 1 heterocycles.